The molecule has 0 spiro atoms. The number of hydrogen-bond donors (Lipinski definition) is 1. The quantitative estimate of drug-likeness (QED) is 0.789. The molecule has 3 aromatic rings. The van der Waals surface area contributed by atoms with Crippen LogP contribution >= 0.6 is 0 Å². The van der Waals surface area contributed by atoms with Gasteiger partial charge in [0.25, 0.3) is 0 Å². The lowest BCUT2D eigenvalue weighted by Crippen LogP contribution is -2.05. The minimum absolute atomic E-state index is 0.625. The van der Waals surface area contributed by atoms with Crippen molar-refractivity contribution in [1.29, 1.82) is 5.26 Å². The predicted molar refractivity (Wildman–Crippen MR) is 79.2 cm³/mol. The lowest BCUT2D eigenvalue weighted by Gasteiger charge is -2.06. The van der Waals surface area contributed by atoms with Gasteiger partial charge in [-0.15, -0.1) is 0 Å². The van der Waals surface area contributed by atoms with Crippen LogP contribution < -0.4 is 5.32 Å². The molecule has 0 bridgehead atoms. The van der Waals surface area contributed by atoms with Crippen LogP contribution in [0.4, 0.5) is 5.69 Å². The van der Waals surface area contributed by atoms with Crippen molar-refractivity contribution in [2.24, 2.45) is 7.05 Å². The van der Waals surface area contributed by atoms with E-state index in [1.807, 2.05) is 43.4 Å². The Hall–Kier alpha value is -2.80. The van der Waals surface area contributed by atoms with Gasteiger partial charge in [-0.05, 0) is 30.3 Å². The minimum atomic E-state index is 0.625. The Kier molecular flexibility index (Phi) is 3.10. The molecule has 1 heterocycles. The molecule has 0 amide bonds. The van der Waals surface area contributed by atoms with Crippen molar-refractivity contribution in [3.05, 3.63) is 59.9 Å². The fraction of sp³-hybridized carbons (Fsp3) is 0.125. The van der Waals surface area contributed by atoms with Crippen molar-refractivity contribution in [3.63, 3.8) is 0 Å². The standard InChI is InChI=1S/C16H14N4/c1-20-15-8-3-2-7-14(15)19-16(20)11-18-13-6-4-5-12(9-13)10-17/h2-9,18H,11H2,1H3. The predicted octanol–water partition coefficient (Wildman–Crippen LogP) is 3.06. The van der Waals surface area contributed by atoms with Crippen LogP contribution in [0.2, 0.25) is 0 Å². The van der Waals surface area contributed by atoms with Crippen molar-refractivity contribution in [3.8, 4) is 6.07 Å². The fourth-order valence-electron chi connectivity index (χ4n) is 2.23. The van der Waals surface area contributed by atoms with Gasteiger partial charge in [0, 0.05) is 12.7 Å². The molecule has 0 atom stereocenters. The van der Waals surface area contributed by atoms with Gasteiger partial charge < -0.3 is 9.88 Å². The highest BCUT2D eigenvalue weighted by Gasteiger charge is 2.06. The zero-order chi connectivity index (χ0) is 13.9. The maximum Gasteiger partial charge on any atom is 0.128 e. The second-order valence-electron chi connectivity index (χ2n) is 4.62. The largest absolute Gasteiger partial charge is 0.378 e. The first-order valence-corrected chi connectivity index (χ1v) is 6.42. The summed E-state index contributed by atoms with van der Waals surface area (Å²) in [5.74, 6) is 0.966. The summed E-state index contributed by atoms with van der Waals surface area (Å²) in [5.41, 5.74) is 3.70. The normalized spacial score (nSPS) is 10.4. The SMILES string of the molecule is Cn1c(CNc2cccc(C#N)c2)nc2ccccc21. The van der Waals surface area contributed by atoms with Gasteiger partial charge in [-0.25, -0.2) is 4.98 Å². The first-order chi connectivity index (χ1) is 9.78. The molecule has 4 nitrogen and oxygen atoms in total. The van der Waals surface area contributed by atoms with Crippen LogP contribution in [0.5, 0.6) is 0 Å². The molecule has 0 saturated carbocycles. The highest BCUT2D eigenvalue weighted by molar-refractivity contribution is 5.75. The van der Waals surface area contributed by atoms with Gasteiger partial charge in [0.15, 0.2) is 0 Å². The summed E-state index contributed by atoms with van der Waals surface area (Å²) in [7, 11) is 2.01. The van der Waals surface area contributed by atoms with Gasteiger partial charge in [0.05, 0.1) is 29.2 Å². The summed E-state index contributed by atoms with van der Waals surface area (Å²) in [6.45, 7) is 0.625. The second-order valence-corrected chi connectivity index (χ2v) is 4.62. The van der Waals surface area contributed by atoms with E-state index in [1.165, 1.54) is 0 Å². The third kappa shape index (κ3) is 2.21. The first kappa shape index (κ1) is 12.2. The topological polar surface area (TPSA) is 53.6 Å². The van der Waals surface area contributed by atoms with Crippen LogP contribution in [0.3, 0.4) is 0 Å². The Morgan fingerprint density at radius 2 is 2.05 bits per heavy atom. The Morgan fingerprint density at radius 3 is 2.85 bits per heavy atom. The average molecular weight is 262 g/mol. The van der Waals surface area contributed by atoms with E-state index in [9.17, 15) is 0 Å². The molecule has 0 unspecified atom stereocenters. The van der Waals surface area contributed by atoms with E-state index in [4.69, 9.17) is 5.26 Å². The summed E-state index contributed by atoms with van der Waals surface area (Å²) < 4.78 is 2.08. The number of imidazole rings is 1. The van der Waals surface area contributed by atoms with Crippen LogP contribution in [0.25, 0.3) is 11.0 Å². The Labute approximate surface area is 117 Å². The number of aromatic nitrogens is 2. The average Bonchev–Trinajstić information content (AvgIpc) is 2.82. The zero-order valence-corrected chi connectivity index (χ0v) is 11.2. The molecule has 0 aliphatic carbocycles. The number of nitriles is 1. The highest BCUT2D eigenvalue weighted by Crippen LogP contribution is 2.16. The van der Waals surface area contributed by atoms with Gasteiger partial charge in [0.2, 0.25) is 0 Å². The molecule has 0 radical (unpaired) electrons. The first-order valence-electron chi connectivity index (χ1n) is 6.42. The number of aryl methyl sites for hydroxylation is 1. The number of nitrogens with zero attached hydrogens (tertiary/aromatic N) is 3. The van der Waals surface area contributed by atoms with Crippen molar-refractivity contribution in [1.82, 2.24) is 9.55 Å². The number of anilines is 1. The number of benzene rings is 2. The van der Waals surface area contributed by atoms with Crippen molar-refractivity contribution < 1.29 is 0 Å². The van der Waals surface area contributed by atoms with Crippen molar-refractivity contribution in [2.45, 2.75) is 6.54 Å². The molecule has 0 fully saturated rings. The number of fused-ring (bicyclic) bond motifs is 1. The van der Waals surface area contributed by atoms with E-state index < -0.39 is 0 Å². The second kappa shape index (κ2) is 5.06. The Morgan fingerprint density at radius 1 is 1.20 bits per heavy atom. The van der Waals surface area contributed by atoms with Crippen LogP contribution in [-0.4, -0.2) is 9.55 Å². The van der Waals surface area contributed by atoms with Crippen molar-refractivity contribution >= 4 is 16.7 Å². The van der Waals surface area contributed by atoms with Crippen molar-refractivity contribution in [2.75, 3.05) is 5.32 Å². The van der Waals surface area contributed by atoms with Gasteiger partial charge in [-0.3, -0.25) is 0 Å². The van der Waals surface area contributed by atoms with Gasteiger partial charge >= 0.3 is 0 Å². The van der Waals surface area contributed by atoms with E-state index in [-0.39, 0.29) is 0 Å². The number of rotatable bonds is 3. The third-order valence-electron chi connectivity index (χ3n) is 3.32. The number of hydrogen-bond acceptors (Lipinski definition) is 3. The monoisotopic (exact) mass is 262 g/mol. The van der Waals surface area contributed by atoms with E-state index >= 15 is 0 Å². The summed E-state index contributed by atoms with van der Waals surface area (Å²) in [6.07, 6.45) is 0. The van der Waals surface area contributed by atoms with E-state index in [2.05, 4.69) is 27.0 Å². The van der Waals surface area contributed by atoms with Crippen LogP contribution in [0, 0.1) is 11.3 Å². The molecule has 1 aromatic heterocycles. The minimum Gasteiger partial charge on any atom is -0.378 e. The molecule has 0 aliphatic heterocycles. The van der Waals surface area contributed by atoms with E-state index in [1.54, 1.807) is 6.07 Å². The molecule has 3 rings (SSSR count). The lowest BCUT2D eigenvalue weighted by atomic mass is 10.2. The molecule has 0 aliphatic rings. The molecule has 1 N–H and O–H groups in total. The molecular formula is C16H14N4. The zero-order valence-electron chi connectivity index (χ0n) is 11.2. The lowest BCUT2D eigenvalue weighted by molar-refractivity contribution is 0.834. The Bertz CT molecular complexity index is 796. The van der Waals surface area contributed by atoms with E-state index in [0.717, 1.165) is 22.5 Å². The molecule has 20 heavy (non-hydrogen) atoms. The van der Waals surface area contributed by atoms with Gasteiger partial charge in [-0.1, -0.05) is 18.2 Å². The molecule has 0 saturated heterocycles. The fourth-order valence-corrected chi connectivity index (χ4v) is 2.23. The van der Waals surface area contributed by atoms with Gasteiger partial charge in [-0.2, -0.15) is 5.26 Å². The van der Waals surface area contributed by atoms with E-state index in [0.29, 0.717) is 12.1 Å². The summed E-state index contributed by atoms with van der Waals surface area (Å²) >= 11 is 0. The van der Waals surface area contributed by atoms with Crippen LogP contribution in [0.15, 0.2) is 48.5 Å². The third-order valence-corrected chi connectivity index (χ3v) is 3.32. The maximum absolute atomic E-state index is 8.89. The number of nitrogens with one attached hydrogen (secondary N) is 1. The molecule has 98 valence electrons. The highest BCUT2D eigenvalue weighted by atomic mass is 15.1. The van der Waals surface area contributed by atoms with Crippen LogP contribution in [0.1, 0.15) is 11.4 Å². The molecule has 4 heteroatoms. The summed E-state index contributed by atoms with van der Waals surface area (Å²) in [6, 6.07) is 17.7. The smallest absolute Gasteiger partial charge is 0.128 e. The summed E-state index contributed by atoms with van der Waals surface area (Å²) in [5, 5.41) is 12.2. The summed E-state index contributed by atoms with van der Waals surface area (Å²) in [4.78, 5) is 4.61. The molecule has 2 aromatic carbocycles. The van der Waals surface area contributed by atoms with Gasteiger partial charge in [0.1, 0.15) is 5.82 Å². The number of para-hydroxylation sites is 2. The Balaban J connectivity index is 1.83. The molecular weight excluding hydrogens is 248 g/mol. The van der Waals surface area contributed by atoms with Crippen LogP contribution in [-0.2, 0) is 13.6 Å². The maximum atomic E-state index is 8.89.